The van der Waals surface area contributed by atoms with Crippen molar-refractivity contribution in [1.82, 2.24) is 14.7 Å². The van der Waals surface area contributed by atoms with Crippen molar-refractivity contribution >= 4 is 10.9 Å². The first-order chi connectivity index (χ1) is 13.3. The summed E-state index contributed by atoms with van der Waals surface area (Å²) in [4.78, 5) is 2.81. The molecule has 2 aliphatic heterocycles. The largest absolute Gasteiger partial charge is 0.375 e. The van der Waals surface area contributed by atoms with E-state index in [1.54, 1.807) is 0 Å². The van der Waals surface area contributed by atoms with Crippen LogP contribution in [0.5, 0.6) is 0 Å². The molecule has 3 aliphatic rings. The van der Waals surface area contributed by atoms with Crippen molar-refractivity contribution in [3.8, 4) is 0 Å². The van der Waals surface area contributed by atoms with Gasteiger partial charge in [0.25, 0.3) is 0 Å². The molecule has 0 spiro atoms. The highest BCUT2D eigenvalue weighted by Gasteiger charge is 2.42. The zero-order valence-electron chi connectivity index (χ0n) is 16.6. The van der Waals surface area contributed by atoms with Crippen LogP contribution in [0.15, 0.2) is 30.5 Å². The number of rotatable bonds is 6. The Kier molecular flexibility index (Phi) is 4.95. The number of benzene rings is 1. The molecule has 3 atom stereocenters. The van der Waals surface area contributed by atoms with Crippen molar-refractivity contribution in [2.24, 2.45) is 5.92 Å². The maximum atomic E-state index is 6.48. The molecule has 2 saturated heterocycles. The van der Waals surface area contributed by atoms with Crippen molar-refractivity contribution < 1.29 is 4.74 Å². The highest BCUT2D eigenvalue weighted by Crippen LogP contribution is 2.39. The van der Waals surface area contributed by atoms with Gasteiger partial charge in [0, 0.05) is 30.6 Å². The second-order valence-electron chi connectivity index (χ2n) is 9.21. The summed E-state index contributed by atoms with van der Waals surface area (Å²) in [6.07, 6.45) is 13.7. The number of piperidine rings is 1. The fraction of sp³-hybridized carbons (Fsp3) is 0.696. The van der Waals surface area contributed by atoms with Crippen molar-refractivity contribution in [2.75, 3.05) is 6.54 Å². The minimum Gasteiger partial charge on any atom is -0.375 e. The summed E-state index contributed by atoms with van der Waals surface area (Å²) in [5.41, 5.74) is 1.26. The number of hydrogen-bond donors (Lipinski definition) is 0. The van der Waals surface area contributed by atoms with Gasteiger partial charge in [-0.25, -0.2) is 0 Å². The molecular formula is C23H33N3O. The van der Waals surface area contributed by atoms with Gasteiger partial charge < -0.3 is 4.74 Å². The van der Waals surface area contributed by atoms with Crippen LogP contribution in [0.3, 0.4) is 0 Å². The van der Waals surface area contributed by atoms with Crippen molar-refractivity contribution in [1.29, 1.82) is 0 Å². The minimum atomic E-state index is 0.521. The second-order valence-corrected chi connectivity index (χ2v) is 9.21. The van der Waals surface area contributed by atoms with Gasteiger partial charge in [-0.3, -0.25) is 9.58 Å². The average molecular weight is 368 g/mol. The van der Waals surface area contributed by atoms with Crippen LogP contribution in [0.25, 0.3) is 10.9 Å². The first kappa shape index (κ1) is 17.7. The van der Waals surface area contributed by atoms with Gasteiger partial charge in [0.05, 0.1) is 23.9 Å². The Hall–Kier alpha value is -1.39. The first-order valence-electron chi connectivity index (χ1n) is 11.1. The van der Waals surface area contributed by atoms with E-state index in [0.29, 0.717) is 18.1 Å². The lowest BCUT2D eigenvalue weighted by atomic mass is 9.97. The van der Waals surface area contributed by atoms with E-state index in [0.717, 1.165) is 18.6 Å². The quantitative estimate of drug-likeness (QED) is 0.746. The highest BCUT2D eigenvalue weighted by atomic mass is 16.5. The van der Waals surface area contributed by atoms with Crippen LogP contribution in [0, 0.1) is 5.92 Å². The summed E-state index contributed by atoms with van der Waals surface area (Å²) >= 11 is 0. The van der Waals surface area contributed by atoms with Gasteiger partial charge in [0.2, 0.25) is 0 Å². The molecule has 146 valence electrons. The third-order valence-electron chi connectivity index (χ3n) is 7.09. The van der Waals surface area contributed by atoms with Gasteiger partial charge in [0.15, 0.2) is 0 Å². The van der Waals surface area contributed by atoms with Gasteiger partial charge in [0.1, 0.15) is 0 Å². The van der Waals surface area contributed by atoms with Crippen LogP contribution >= 0.6 is 0 Å². The SMILES string of the molecule is C[C@H](CN1[C@@H]2CC[C@@H]1CC(OC1CCCC1)C2)Cn1ncc2ccccc21. The molecule has 27 heavy (non-hydrogen) atoms. The standard InChI is InChI=1S/C23H33N3O/c1-17(16-26-23-9-5-2-6-18(23)14-24-26)15-25-19-10-11-20(25)13-22(12-19)27-21-7-3-4-8-21/h2,5-6,9,14,17,19-22H,3-4,7-8,10-13,15-16H2,1H3/t17-,19-,20-/m1/s1. The number of ether oxygens (including phenoxy) is 1. The Morgan fingerprint density at radius 2 is 1.74 bits per heavy atom. The zero-order chi connectivity index (χ0) is 18.2. The molecule has 1 aliphatic carbocycles. The van der Waals surface area contributed by atoms with Crippen LogP contribution in [0.4, 0.5) is 0 Å². The average Bonchev–Trinajstić information content (AvgIpc) is 3.36. The van der Waals surface area contributed by atoms with Crippen LogP contribution in [0.2, 0.25) is 0 Å². The maximum absolute atomic E-state index is 6.48. The van der Waals surface area contributed by atoms with Crippen LogP contribution in [-0.2, 0) is 11.3 Å². The topological polar surface area (TPSA) is 30.3 Å². The molecule has 1 aromatic carbocycles. The molecule has 2 bridgehead atoms. The second kappa shape index (κ2) is 7.56. The lowest BCUT2D eigenvalue weighted by Crippen LogP contribution is -2.48. The molecule has 3 fully saturated rings. The highest BCUT2D eigenvalue weighted by molar-refractivity contribution is 5.78. The number of nitrogens with zero attached hydrogens (tertiary/aromatic N) is 3. The van der Waals surface area contributed by atoms with E-state index >= 15 is 0 Å². The van der Waals surface area contributed by atoms with E-state index in [2.05, 4.69) is 45.9 Å². The summed E-state index contributed by atoms with van der Waals surface area (Å²) in [6.45, 7) is 4.59. The molecule has 0 unspecified atom stereocenters. The zero-order valence-corrected chi connectivity index (χ0v) is 16.6. The Morgan fingerprint density at radius 3 is 2.52 bits per heavy atom. The van der Waals surface area contributed by atoms with E-state index in [4.69, 9.17) is 4.74 Å². The van der Waals surface area contributed by atoms with Crippen LogP contribution in [-0.4, -0.2) is 45.5 Å². The molecule has 5 rings (SSSR count). The third kappa shape index (κ3) is 3.66. The van der Waals surface area contributed by atoms with Gasteiger partial charge in [-0.05, 0) is 50.5 Å². The number of aromatic nitrogens is 2. The summed E-state index contributed by atoms with van der Waals surface area (Å²) < 4.78 is 8.67. The summed E-state index contributed by atoms with van der Waals surface area (Å²) in [6, 6.07) is 10.0. The summed E-state index contributed by atoms with van der Waals surface area (Å²) in [5.74, 6) is 0.615. The molecular weight excluding hydrogens is 334 g/mol. The molecule has 1 aromatic heterocycles. The van der Waals surface area contributed by atoms with E-state index < -0.39 is 0 Å². The summed E-state index contributed by atoms with van der Waals surface area (Å²) in [5, 5.41) is 5.87. The molecule has 3 heterocycles. The smallest absolute Gasteiger partial charge is 0.0682 e. The normalized spacial score (nSPS) is 30.3. The number of para-hydroxylation sites is 1. The van der Waals surface area contributed by atoms with E-state index in [1.807, 2.05) is 6.20 Å². The Balaban J connectivity index is 1.19. The number of hydrogen-bond acceptors (Lipinski definition) is 3. The van der Waals surface area contributed by atoms with Gasteiger partial charge in [-0.15, -0.1) is 0 Å². The fourth-order valence-electron chi connectivity index (χ4n) is 5.81. The van der Waals surface area contributed by atoms with E-state index in [-0.39, 0.29) is 0 Å². The Labute approximate surface area is 162 Å². The van der Waals surface area contributed by atoms with Gasteiger partial charge >= 0.3 is 0 Å². The van der Waals surface area contributed by atoms with Crippen LogP contribution in [0.1, 0.15) is 58.3 Å². The molecule has 4 heteroatoms. The van der Waals surface area contributed by atoms with E-state index in [9.17, 15) is 0 Å². The van der Waals surface area contributed by atoms with Crippen LogP contribution < -0.4 is 0 Å². The number of fused-ring (bicyclic) bond motifs is 3. The first-order valence-corrected chi connectivity index (χ1v) is 11.1. The van der Waals surface area contributed by atoms with Gasteiger partial charge in [-0.2, -0.15) is 5.10 Å². The lowest BCUT2D eigenvalue weighted by Gasteiger charge is -2.40. The fourth-order valence-corrected chi connectivity index (χ4v) is 5.81. The molecule has 0 radical (unpaired) electrons. The predicted molar refractivity (Wildman–Crippen MR) is 109 cm³/mol. The maximum Gasteiger partial charge on any atom is 0.0682 e. The Bertz CT molecular complexity index is 752. The van der Waals surface area contributed by atoms with E-state index in [1.165, 1.54) is 68.8 Å². The lowest BCUT2D eigenvalue weighted by molar-refractivity contribution is -0.0603. The predicted octanol–water partition coefficient (Wildman–Crippen LogP) is 4.63. The van der Waals surface area contributed by atoms with Crippen molar-refractivity contribution in [3.63, 3.8) is 0 Å². The Morgan fingerprint density at radius 1 is 1.00 bits per heavy atom. The molecule has 0 N–H and O–H groups in total. The minimum absolute atomic E-state index is 0.521. The monoisotopic (exact) mass is 367 g/mol. The summed E-state index contributed by atoms with van der Waals surface area (Å²) in [7, 11) is 0. The van der Waals surface area contributed by atoms with Crippen molar-refractivity contribution in [2.45, 2.75) is 89.1 Å². The third-order valence-corrected chi connectivity index (χ3v) is 7.09. The van der Waals surface area contributed by atoms with Gasteiger partial charge in [-0.1, -0.05) is 38.0 Å². The molecule has 0 amide bonds. The van der Waals surface area contributed by atoms with Crippen molar-refractivity contribution in [3.05, 3.63) is 30.5 Å². The molecule has 1 saturated carbocycles. The molecule has 4 nitrogen and oxygen atoms in total. The molecule has 2 aromatic rings.